The molecule has 0 bridgehead atoms. The van der Waals surface area contributed by atoms with E-state index in [0.29, 0.717) is 27.6 Å². The third-order valence-electron chi connectivity index (χ3n) is 2.66. The molecule has 2 aromatic rings. The van der Waals surface area contributed by atoms with E-state index in [2.05, 4.69) is 5.32 Å². The van der Waals surface area contributed by atoms with E-state index in [1.54, 1.807) is 36.4 Å². The fourth-order valence-electron chi connectivity index (χ4n) is 1.68. The minimum Gasteiger partial charge on any atom is -0.495 e. The zero-order chi connectivity index (χ0) is 14.5. The van der Waals surface area contributed by atoms with Crippen molar-refractivity contribution in [1.82, 2.24) is 0 Å². The number of hydrogen-bond donors (Lipinski definition) is 1. The van der Waals surface area contributed by atoms with Crippen LogP contribution in [0, 0.1) is 11.3 Å². The number of anilines is 1. The molecular weight excluding hydrogens is 276 g/mol. The van der Waals surface area contributed by atoms with Gasteiger partial charge < -0.3 is 10.1 Å². The monoisotopic (exact) mass is 286 g/mol. The number of methoxy groups -OCH3 is 1. The fraction of sp³-hybridized carbons (Fsp3) is 0.0667. The molecule has 0 unspecified atom stereocenters. The highest BCUT2D eigenvalue weighted by Crippen LogP contribution is 2.27. The van der Waals surface area contributed by atoms with Gasteiger partial charge in [0.05, 0.1) is 23.8 Å². The number of ether oxygens (including phenoxy) is 1. The molecule has 0 saturated carbocycles. The van der Waals surface area contributed by atoms with Crippen molar-refractivity contribution >= 4 is 23.2 Å². The van der Waals surface area contributed by atoms with Crippen molar-refractivity contribution in [1.29, 1.82) is 5.26 Å². The summed E-state index contributed by atoms with van der Waals surface area (Å²) >= 11 is 5.99. The van der Waals surface area contributed by atoms with Crippen LogP contribution in [0.2, 0.25) is 5.02 Å². The van der Waals surface area contributed by atoms with Crippen LogP contribution in [0.15, 0.2) is 42.5 Å². The Kier molecular flexibility index (Phi) is 4.24. The van der Waals surface area contributed by atoms with Crippen LogP contribution in [0.1, 0.15) is 15.9 Å². The van der Waals surface area contributed by atoms with Crippen LogP contribution in [0.25, 0.3) is 0 Å². The molecule has 0 fully saturated rings. The van der Waals surface area contributed by atoms with Gasteiger partial charge in [0.15, 0.2) is 0 Å². The predicted octanol–water partition coefficient (Wildman–Crippen LogP) is 3.47. The Labute approximate surface area is 121 Å². The molecule has 0 saturated heterocycles. The molecule has 0 aliphatic heterocycles. The van der Waals surface area contributed by atoms with Crippen LogP contribution in [0.5, 0.6) is 5.75 Å². The summed E-state index contributed by atoms with van der Waals surface area (Å²) in [6.45, 7) is 0. The summed E-state index contributed by atoms with van der Waals surface area (Å²) in [6.07, 6.45) is 0. The molecule has 0 aliphatic carbocycles. The molecule has 0 spiro atoms. The van der Waals surface area contributed by atoms with Gasteiger partial charge in [-0.15, -0.1) is 0 Å². The number of nitrogens with zero attached hydrogens (tertiary/aromatic N) is 1. The van der Waals surface area contributed by atoms with Crippen molar-refractivity contribution in [3.05, 3.63) is 58.6 Å². The van der Waals surface area contributed by atoms with Crippen LogP contribution >= 0.6 is 11.6 Å². The molecule has 100 valence electrons. The lowest BCUT2D eigenvalue weighted by Gasteiger charge is -2.08. The van der Waals surface area contributed by atoms with Gasteiger partial charge in [0.1, 0.15) is 5.75 Å². The summed E-state index contributed by atoms with van der Waals surface area (Å²) in [4.78, 5) is 12.1. The van der Waals surface area contributed by atoms with Crippen LogP contribution in [-0.2, 0) is 0 Å². The normalized spacial score (nSPS) is 9.65. The van der Waals surface area contributed by atoms with Crippen LogP contribution in [0.3, 0.4) is 0 Å². The highest BCUT2D eigenvalue weighted by atomic mass is 35.5. The van der Waals surface area contributed by atoms with Crippen molar-refractivity contribution in [2.24, 2.45) is 0 Å². The van der Waals surface area contributed by atoms with E-state index in [1.165, 1.54) is 13.2 Å². The van der Waals surface area contributed by atoms with E-state index >= 15 is 0 Å². The maximum absolute atomic E-state index is 12.1. The number of carbonyl (C=O) groups is 1. The number of halogens is 1. The topological polar surface area (TPSA) is 62.1 Å². The van der Waals surface area contributed by atoms with E-state index in [9.17, 15) is 4.79 Å². The van der Waals surface area contributed by atoms with E-state index in [-0.39, 0.29) is 5.91 Å². The van der Waals surface area contributed by atoms with Gasteiger partial charge in [-0.1, -0.05) is 17.7 Å². The molecular formula is C15H11ClN2O2. The molecule has 1 N–H and O–H groups in total. The molecule has 20 heavy (non-hydrogen) atoms. The van der Waals surface area contributed by atoms with Crippen molar-refractivity contribution in [2.75, 3.05) is 12.4 Å². The first-order chi connectivity index (χ1) is 9.63. The van der Waals surface area contributed by atoms with Crippen LogP contribution in [-0.4, -0.2) is 13.0 Å². The zero-order valence-corrected chi connectivity index (χ0v) is 11.4. The minimum absolute atomic E-state index is 0.302. The highest BCUT2D eigenvalue weighted by Gasteiger charge is 2.08. The molecule has 0 heterocycles. The van der Waals surface area contributed by atoms with Gasteiger partial charge in [-0.25, -0.2) is 0 Å². The number of nitrogens with one attached hydrogen (secondary N) is 1. The molecule has 0 aliphatic rings. The van der Waals surface area contributed by atoms with Gasteiger partial charge in [-0.05, 0) is 36.4 Å². The second-order valence-electron chi connectivity index (χ2n) is 4.00. The van der Waals surface area contributed by atoms with E-state index in [4.69, 9.17) is 21.6 Å². The molecule has 0 atom stereocenters. The number of hydrogen-bond acceptors (Lipinski definition) is 3. The lowest BCUT2D eigenvalue weighted by atomic mass is 10.1. The van der Waals surface area contributed by atoms with E-state index in [1.807, 2.05) is 6.07 Å². The molecule has 5 heteroatoms. The lowest BCUT2D eigenvalue weighted by molar-refractivity contribution is 0.102. The third kappa shape index (κ3) is 3.08. The molecule has 0 radical (unpaired) electrons. The molecule has 4 nitrogen and oxygen atoms in total. The maximum atomic E-state index is 12.1. The quantitative estimate of drug-likeness (QED) is 0.939. The molecule has 1 amide bonds. The third-order valence-corrected chi connectivity index (χ3v) is 2.96. The Morgan fingerprint density at radius 2 is 2.10 bits per heavy atom. The number of carbonyl (C=O) groups excluding carboxylic acids is 1. The SMILES string of the molecule is COc1ccc(NC(=O)c2cccc(C#N)c2)cc1Cl. The summed E-state index contributed by atoms with van der Waals surface area (Å²) in [7, 11) is 1.52. The number of benzene rings is 2. The lowest BCUT2D eigenvalue weighted by Crippen LogP contribution is -2.11. The number of rotatable bonds is 3. The van der Waals surface area contributed by atoms with Crippen LogP contribution < -0.4 is 10.1 Å². The highest BCUT2D eigenvalue weighted by molar-refractivity contribution is 6.32. The molecule has 0 aromatic heterocycles. The summed E-state index contributed by atoms with van der Waals surface area (Å²) in [5.41, 5.74) is 1.41. The smallest absolute Gasteiger partial charge is 0.255 e. The van der Waals surface area contributed by atoms with Crippen molar-refractivity contribution in [3.8, 4) is 11.8 Å². The number of nitriles is 1. The van der Waals surface area contributed by atoms with E-state index < -0.39 is 0 Å². The number of amides is 1. The standard InChI is InChI=1S/C15H11ClN2O2/c1-20-14-6-5-12(8-13(14)16)18-15(19)11-4-2-3-10(7-11)9-17/h2-8H,1H3,(H,18,19). The predicted molar refractivity (Wildman–Crippen MR) is 77.1 cm³/mol. The minimum atomic E-state index is -0.302. The fourth-order valence-corrected chi connectivity index (χ4v) is 1.94. The summed E-state index contributed by atoms with van der Waals surface area (Å²) in [5.74, 6) is 0.236. The molecule has 2 rings (SSSR count). The second kappa shape index (κ2) is 6.09. The van der Waals surface area contributed by atoms with E-state index in [0.717, 1.165) is 0 Å². The Morgan fingerprint density at radius 3 is 2.75 bits per heavy atom. The van der Waals surface area contributed by atoms with Gasteiger partial charge in [-0.2, -0.15) is 5.26 Å². The second-order valence-corrected chi connectivity index (χ2v) is 4.40. The van der Waals surface area contributed by atoms with Gasteiger partial charge in [-0.3, -0.25) is 4.79 Å². The zero-order valence-electron chi connectivity index (χ0n) is 10.7. The first-order valence-corrected chi connectivity index (χ1v) is 6.17. The molecule has 2 aromatic carbocycles. The summed E-state index contributed by atoms with van der Waals surface area (Å²) in [5, 5.41) is 11.9. The first-order valence-electron chi connectivity index (χ1n) is 5.79. The Morgan fingerprint density at radius 1 is 1.30 bits per heavy atom. The Bertz CT molecular complexity index is 693. The maximum Gasteiger partial charge on any atom is 0.255 e. The van der Waals surface area contributed by atoms with Gasteiger partial charge >= 0.3 is 0 Å². The van der Waals surface area contributed by atoms with Gasteiger partial charge in [0, 0.05) is 11.3 Å². The summed E-state index contributed by atoms with van der Waals surface area (Å²) < 4.78 is 5.04. The average molecular weight is 287 g/mol. The summed E-state index contributed by atoms with van der Waals surface area (Å²) in [6, 6.07) is 13.4. The van der Waals surface area contributed by atoms with Crippen molar-refractivity contribution < 1.29 is 9.53 Å². The van der Waals surface area contributed by atoms with Crippen molar-refractivity contribution in [3.63, 3.8) is 0 Å². The van der Waals surface area contributed by atoms with Gasteiger partial charge in [0.25, 0.3) is 5.91 Å². The van der Waals surface area contributed by atoms with Gasteiger partial charge in [0.2, 0.25) is 0 Å². The Balaban J connectivity index is 2.19. The largest absolute Gasteiger partial charge is 0.495 e. The van der Waals surface area contributed by atoms with Crippen LogP contribution in [0.4, 0.5) is 5.69 Å². The average Bonchev–Trinajstić information content (AvgIpc) is 2.47. The Hall–Kier alpha value is -2.51. The van der Waals surface area contributed by atoms with Crippen molar-refractivity contribution in [2.45, 2.75) is 0 Å². The first kappa shape index (κ1) is 13.9.